The minimum atomic E-state index is -0.810. The molecule has 1 aliphatic rings. The minimum Gasteiger partial charge on any atom is -0.481 e. The van der Waals surface area contributed by atoms with E-state index in [0.717, 1.165) is 9.99 Å². The third kappa shape index (κ3) is 2.82. The van der Waals surface area contributed by atoms with E-state index in [4.69, 9.17) is 5.11 Å². The van der Waals surface area contributed by atoms with Crippen molar-refractivity contribution in [1.82, 2.24) is 4.90 Å². The smallest absolute Gasteiger partial charge is 0.308 e. The first kappa shape index (κ1) is 13.3. The number of carbonyl (C=O) groups excluding carboxylic acids is 1. The van der Waals surface area contributed by atoms with Crippen molar-refractivity contribution in [1.29, 1.82) is 0 Å². The summed E-state index contributed by atoms with van der Waals surface area (Å²) in [7, 11) is 0. The van der Waals surface area contributed by atoms with Crippen LogP contribution in [0.3, 0.4) is 0 Å². The minimum absolute atomic E-state index is 0.0639. The van der Waals surface area contributed by atoms with Crippen LogP contribution in [0.25, 0.3) is 0 Å². The lowest BCUT2D eigenvalue weighted by Gasteiger charge is -2.31. The molecule has 0 bridgehead atoms. The first-order valence-electron chi connectivity index (χ1n) is 5.86. The van der Waals surface area contributed by atoms with E-state index in [1.807, 2.05) is 18.2 Å². The summed E-state index contributed by atoms with van der Waals surface area (Å²) >= 11 is 2.13. The fourth-order valence-corrected chi connectivity index (χ4v) is 2.79. The lowest BCUT2D eigenvalue weighted by atomic mass is 9.97. The second-order valence-electron chi connectivity index (χ2n) is 4.41. The van der Waals surface area contributed by atoms with Crippen molar-refractivity contribution in [2.75, 3.05) is 13.1 Å². The molecule has 4 nitrogen and oxygen atoms in total. The third-order valence-corrected chi connectivity index (χ3v) is 4.10. The van der Waals surface area contributed by atoms with Gasteiger partial charge in [-0.2, -0.15) is 0 Å². The molecule has 1 aromatic rings. The average molecular weight is 359 g/mol. The number of nitrogens with zero attached hydrogens (tertiary/aromatic N) is 1. The Kier molecular flexibility index (Phi) is 4.21. The van der Waals surface area contributed by atoms with E-state index in [9.17, 15) is 9.59 Å². The first-order chi connectivity index (χ1) is 8.59. The molecule has 1 aromatic carbocycles. The summed E-state index contributed by atoms with van der Waals surface area (Å²) in [5.74, 6) is -1.30. The summed E-state index contributed by atoms with van der Waals surface area (Å²) in [5, 5.41) is 9.02. The number of halogens is 1. The van der Waals surface area contributed by atoms with Gasteiger partial charge < -0.3 is 10.0 Å². The number of rotatable bonds is 2. The van der Waals surface area contributed by atoms with Crippen LogP contribution in [0.4, 0.5) is 0 Å². The Morgan fingerprint density at radius 2 is 2.06 bits per heavy atom. The topological polar surface area (TPSA) is 57.6 Å². The van der Waals surface area contributed by atoms with Crippen LogP contribution in [-0.4, -0.2) is 35.0 Å². The maximum atomic E-state index is 12.3. The lowest BCUT2D eigenvalue weighted by Crippen LogP contribution is -2.42. The van der Waals surface area contributed by atoms with E-state index in [-0.39, 0.29) is 5.91 Å². The number of benzene rings is 1. The highest BCUT2D eigenvalue weighted by Gasteiger charge is 2.29. The van der Waals surface area contributed by atoms with Gasteiger partial charge in [-0.25, -0.2) is 0 Å². The molecule has 1 atom stereocenters. The number of carboxylic acid groups (broad SMARTS) is 1. The summed E-state index contributed by atoms with van der Waals surface area (Å²) < 4.78 is 0.901. The average Bonchev–Trinajstić information content (AvgIpc) is 2.38. The van der Waals surface area contributed by atoms with Gasteiger partial charge in [-0.05, 0) is 47.6 Å². The number of piperidine rings is 1. The van der Waals surface area contributed by atoms with Crippen LogP contribution in [0, 0.1) is 9.49 Å². The molecular formula is C13H14INO3. The Morgan fingerprint density at radius 1 is 1.33 bits per heavy atom. The molecule has 0 radical (unpaired) electrons. The maximum Gasteiger partial charge on any atom is 0.308 e. The van der Waals surface area contributed by atoms with E-state index in [1.165, 1.54) is 0 Å². The molecule has 1 N–H and O–H groups in total. The van der Waals surface area contributed by atoms with Crippen molar-refractivity contribution in [2.24, 2.45) is 5.92 Å². The molecule has 0 aromatic heterocycles. The Labute approximate surface area is 119 Å². The Hall–Kier alpha value is -1.11. The van der Waals surface area contributed by atoms with E-state index in [0.29, 0.717) is 25.1 Å². The van der Waals surface area contributed by atoms with Gasteiger partial charge in [-0.15, -0.1) is 0 Å². The normalized spacial score (nSPS) is 19.6. The van der Waals surface area contributed by atoms with E-state index < -0.39 is 11.9 Å². The van der Waals surface area contributed by atoms with E-state index in [1.54, 1.807) is 11.0 Å². The standard InChI is InChI=1S/C13H14INO3/c14-11-6-2-1-5-10(11)12(16)15-7-3-4-9(8-15)13(17)18/h1-2,5-6,9H,3-4,7-8H2,(H,17,18). The molecule has 96 valence electrons. The van der Waals surface area contributed by atoms with Crippen LogP contribution < -0.4 is 0 Å². The Bertz CT molecular complexity index is 475. The molecule has 2 rings (SSSR count). The van der Waals surface area contributed by atoms with E-state index >= 15 is 0 Å². The van der Waals surface area contributed by atoms with Gasteiger partial charge in [0.2, 0.25) is 0 Å². The molecule has 1 aliphatic heterocycles. The van der Waals surface area contributed by atoms with Crippen LogP contribution in [0.5, 0.6) is 0 Å². The Balaban J connectivity index is 2.14. The largest absolute Gasteiger partial charge is 0.481 e. The second-order valence-corrected chi connectivity index (χ2v) is 5.57. The summed E-state index contributed by atoms with van der Waals surface area (Å²) in [6.07, 6.45) is 1.41. The van der Waals surface area contributed by atoms with Gasteiger partial charge in [0.05, 0.1) is 11.5 Å². The highest BCUT2D eigenvalue weighted by Crippen LogP contribution is 2.20. The number of carboxylic acids is 1. The fraction of sp³-hybridized carbons (Fsp3) is 0.385. The van der Waals surface area contributed by atoms with Crippen molar-refractivity contribution in [2.45, 2.75) is 12.8 Å². The van der Waals surface area contributed by atoms with Crippen molar-refractivity contribution in [3.63, 3.8) is 0 Å². The fourth-order valence-electron chi connectivity index (χ4n) is 2.17. The highest BCUT2D eigenvalue weighted by atomic mass is 127. The van der Waals surface area contributed by atoms with Gasteiger partial charge in [0.15, 0.2) is 0 Å². The predicted octanol–water partition coefficient (Wildman–Crippen LogP) is 2.23. The summed E-state index contributed by atoms with van der Waals surface area (Å²) in [6.45, 7) is 0.965. The number of aliphatic carboxylic acids is 1. The van der Waals surface area contributed by atoms with Crippen molar-refractivity contribution in [3.8, 4) is 0 Å². The molecule has 0 aliphatic carbocycles. The van der Waals surface area contributed by atoms with E-state index in [2.05, 4.69) is 22.6 Å². The van der Waals surface area contributed by atoms with Crippen LogP contribution in [-0.2, 0) is 4.79 Å². The third-order valence-electron chi connectivity index (χ3n) is 3.16. The molecule has 1 fully saturated rings. The molecule has 1 heterocycles. The Morgan fingerprint density at radius 3 is 2.72 bits per heavy atom. The van der Waals surface area contributed by atoms with Crippen LogP contribution >= 0.6 is 22.6 Å². The number of hydrogen-bond acceptors (Lipinski definition) is 2. The monoisotopic (exact) mass is 359 g/mol. The highest BCUT2D eigenvalue weighted by molar-refractivity contribution is 14.1. The first-order valence-corrected chi connectivity index (χ1v) is 6.94. The van der Waals surface area contributed by atoms with Crippen LogP contribution in [0.2, 0.25) is 0 Å². The number of hydrogen-bond donors (Lipinski definition) is 1. The molecule has 1 amide bonds. The summed E-state index contributed by atoms with van der Waals surface area (Å²) in [6, 6.07) is 7.38. The quantitative estimate of drug-likeness (QED) is 0.824. The van der Waals surface area contributed by atoms with Gasteiger partial charge in [0.25, 0.3) is 5.91 Å². The lowest BCUT2D eigenvalue weighted by molar-refractivity contribution is -0.143. The summed E-state index contributed by atoms with van der Waals surface area (Å²) in [5.41, 5.74) is 0.657. The van der Waals surface area contributed by atoms with Gasteiger partial charge in [-0.1, -0.05) is 12.1 Å². The van der Waals surface area contributed by atoms with Crippen molar-refractivity contribution >= 4 is 34.5 Å². The van der Waals surface area contributed by atoms with Gasteiger partial charge in [0.1, 0.15) is 0 Å². The molecular weight excluding hydrogens is 345 g/mol. The summed E-state index contributed by atoms with van der Waals surface area (Å²) in [4.78, 5) is 25.0. The zero-order valence-corrected chi connectivity index (χ0v) is 12.0. The maximum absolute atomic E-state index is 12.3. The zero-order valence-electron chi connectivity index (χ0n) is 9.80. The molecule has 0 saturated carbocycles. The van der Waals surface area contributed by atoms with Gasteiger partial charge >= 0.3 is 5.97 Å². The number of likely N-dealkylation sites (tertiary alicyclic amines) is 1. The number of carbonyl (C=O) groups is 2. The SMILES string of the molecule is O=C(O)C1CCCN(C(=O)c2ccccc2I)C1. The van der Waals surface area contributed by atoms with Gasteiger partial charge in [0, 0.05) is 16.7 Å². The molecule has 5 heteroatoms. The zero-order chi connectivity index (χ0) is 13.1. The molecule has 1 saturated heterocycles. The van der Waals surface area contributed by atoms with Crippen molar-refractivity contribution in [3.05, 3.63) is 33.4 Å². The van der Waals surface area contributed by atoms with Crippen LogP contribution in [0.1, 0.15) is 23.2 Å². The number of amides is 1. The molecule has 0 spiro atoms. The molecule has 18 heavy (non-hydrogen) atoms. The molecule has 1 unspecified atom stereocenters. The predicted molar refractivity (Wildman–Crippen MR) is 75.4 cm³/mol. The van der Waals surface area contributed by atoms with Crippen LogP contribution in [0.15, 0.2) is 24.3 Å². The second kappa shape index (κ2) is 5.69. The van der Waals surface area contributed by atoms with Gasteiger partial charge in [-0.3, -0.25) is 9.59 Å². The van der Waals surface area contributed by atoms with Crippen molar-refractivity contribution < 1.29 is 14.7 Å².